The molecule has 2 N–H and O–H groups in total. The van der Waals surface area contributed by atoms with Crippen molar-refractivity contribution >= 4 is 18.4 Å². The molecular formula is C7H11ClN4. The van der Waals surface area contributed by atoms with Crippen LogP contribution in [0.25, 0.3) is 0 Å². The molecule has 2 rings (SSSR count). The largest absolute Gasteiger partial charge is 0.368 e. The van der Waals surface area contributed by atoms with E-state index < -0.39 is 0 Å². The van der Waals surface area contributed by atoms with Crippen LogP contribution in [-0.2, 0) is 0 Å². The monoisotopic (exact) mass is 186 g/mol. The van der Waals surface area contributed by atoms with Crippen LogP contribution in [0.3, 0.4) is 0 Å². The first-order valence-electron chi connectivity index (χ1n) is 3.69. The normalized spacial score (nSPS) is 17.2. The molecular weight excluding hydrogens is 176 g/mol. The second kappa shape index (κ2) is 3.58. The van der Waals surface area contributed by atoms with Crippen LogP contribution in [0, 0.1) is 0 Å². The van der Waals surface area contributed by atoms with E-state index in [2.05, 4.69) is 10.1 Å². The molecule has 0 atom stereocenters. The van der Waals surface area contributed by atoms with Crippen molar-refractivity contribution in [3.63, 3.8) is 0 Å². The summed E-state index contributed by atoms with van der Waals surface area (Å²) in [7, 11) is 0. The van der Waals surface area contributed by atoms with Gasteiger partial charge >= 0.3 is 0 Å². The van der Waals surface area contributed by atoms with Crippen molar-refractivity contribution in [2.45, 2.75) is 18.9 Å². The van der Waals surface area contributed by atoms with E-state index in [1.807, 2.05) is 6.07 Å². The van der Waals surface area contributed by atoms with E-state index in [4.69, 9.17) is 5.73 Å². The van der Waals surface area contributed by atoms with Crippen molar-refractivity contribution < 1.29 is 0 Å². The third kappa shape index (κ3) is 1.98. The van der Waals surface area contributed by atoms with E-state index in [9.17, 15) is 0 Å². The summed E-state index contributed by atoms with van der Waals surface area (Å²) in [5.74, 6) is 0.498. The minimum atomic E-state index is 0. The van der Waals surface area contributed by atoms with Crippen LogP contribution in [-0.4, -0.2) is 21.8 Å². The third-order valence-electron chi connectivity index (χ3n) is 1.60. The van der Waals surface area contributed by atoms with Crippen LogP contribution in [0.5, 0.6) is 0 Å². The van der Waals surface area contributed by atoms with E-state index in [0.717, 1.165) is 0 Å². The van der Waals surface area contributed by atoms with E-state index in [-0.39, 0.29) is 12.4 Å². The van der Waals surface area contributed by atoms with Gasteiger partial charge in [0.15, 0.2) is 0 Å². The van der Waals surface area contributed by atoms with E-state index >= 15 is 0 Å². The lowest BCUT2D eigenvalue weighted by Gasteiger charge is -1.97. The molecule has 0 bridgehead atoms. The molecule has 5 heteroatoms. The van der Waals surface area contributed by atoms with Gasteiger partial charge in [0.2, 0.25) is 5.96 Å². The molecule has 4 nitrogen and oxygen atoms in total. The molecule has 0 radical (unpaired) electrons. The average molecular weight is 187 g/mol. The van der Waals surface area contributed by atoms with Gasteiger partial charge in [-0.05, 0) is 18.9 Å². The Morgan fingerprint density at radius 1 is 1.58 bits per heavy atom. The van der Waals surface area contributed by atoms with E-state index in [0.29, 0.717) is 12.0 Å². The highest BCUT2D eigenvalue weighted by molar-refractivity contribution is 5.85. The standard InChI is InChI=1S/C7H10N4.ClH/c8-7(10-6-2-3-6)11-5-1-4-9-11;/h1,4-6H,2-3H2,(H2,8,10);1H. The number of aromatic nitrogens is 2. The van der Waals surface area contributed by atoms with Crippen molar-refractivity contribution in [2.75, 3.05) is 0 Å². The van der Waals surface area contributed by atoms with Crippen LogP contribution < -0.4 is 5.73 Å². The minimum absolute atomic E-state index is 0. The molecule has 1 saturated carbocycles. The smallest absolute Gasteiger partial charge is 0.216 e. The molecule has 0 spiro atoms. The Morgan fingerprint density at radius 2 is 2.33 bits per heavy atom. The van der Waals surface area contributed by atoms with Crippen LogP contribution in [0.15, 0.2) is 23.5 Å². The number of aliphatic imine (C=N–C) groups is 1. The first-order valence-corrected chi connectivity index (χ1v) is 3.69. The molecule has 1 heterocycles. The predicted molar refractivity (Wildman–Crippen MR) is 49.5 cm³/mol. The van der Waals surface area contributed by atoms with E-state index in [1.54, 1.807) is 17.1 Å². The van der Waals surface area contributed by atoms with Gasteiger partial charge in [0.05, 0.1) is 6.04 Å². The Bertz CT molecular complexity index is 263. The maximum atomic E-state index is 5.63. The molecule has 1 aliphatic rings. The first kappa shape index (κ1) is 9.06. The molecule has 0 aromatic carbocycles. The summed E-state index contributed by atoms with van der Waals surface area (Å²) in [6.45, 7) is 0. The highest BCUT2D eigenvalue weighted by atomic mass is 35.5. The van der Waals surface area contributed by atoms with Crippen molar-refractivity contribution in [3.05, 3.63) is 18.5 Å². The zero-order valence-corrected chi connectivity index (χ0v) is 7.37. The van der Waals surface area contributed by atoms with Gasteiger partial charge in [-0.1, -0.05) is 0 Å². The van der Waals surface area contributed by atoms with Gasteiger partial charge in [0.1, 0.15) is 0 Å². The van der Waals surface area contributed by atoms with Crippen LogP contribution >= 0.6 is 12.4 Å². The molecule has 0 saturated heterocycles. The summed E-state index contributed by atoms with van der Waals surface area (Å²) in [5, 5.41) is 3.96. The Labute approximate surface area is 76.9 Å². The summed E-state index contributed by atoms with van der Waals surface area (Å²) in [6.07, 6.45) is 5.82. The lowest BCUT2D eigenvalue weighted by atomic mass is 10.7. The molecule has 0 unspecified atom stereocenters. The van der Waals surface area contributed by atoms with Crippen molar-refractivity contribution in [3.8, 4) is 0 Å². The van der Waals surface area contributed by atoms with Gasteiger partial charge < -0.3 is 5.73 Å². The van der Waals surface area contributed by atoms with Gasteiger partial charge in [-0.15, -0.1) is 12.4 Å². The highest BCUT2D eigenvalue weighted by Gasteiger charge is 2.20. The quantitative estimate of drug-likeness (QED) is 0.517. The molecule has 0 aliphatic heterocycles. The lowest BCUT2D eigenvalue weighted by molar-refractivity contribution is 0.895. The predicted octanol–water partition coefficient (Wildman–Crippen LogP) is 0.630. The Hall–Kier alpha value is -1.03. The fourth-order valence-electron chi connectivity index (χ4n) is 0.854. The summed E-state index contributed by atoms with van der Waals surface area (Å²) in [6, 6.07) is 2.29. The summed E-state index contributed by atoms with van der Waals surface area (Å²) < 4.78 is 1.58. The molecule has 12 heavy (non-hydrogen) atoms. The van der Waals surface area contributed by atoms with Crippen molar-refractivity contribution in [1.29, 1.82) is 0 Å². The topological polar surface area (TPSA) is 56.2 Å². The van der Waals surface area contributed by atoms with Crippen LogP contribution in [0.4, 0.5) is 0 Å². The van der Waals surface area contributed by atoms with Crippen LogP contribution in [0.2, 0.25) is 0 Å². The molecule has 1 aromatic rings. The van der Waals surface area contributed by atoms with Gasteiger partial charge in [0, 0.05) is 12.4 Å². The van der Waals surface area contributed by atoms with Gasteiger partial charge in [0.25, 0.3) is 0 Å². The fourth-order valence-corrected chi connectivity index (χ4v) is 0.854. The van der Waals surface area contributed by atoms with Crippen molar-refractivity contribution in [2.24, 2.45) is 10.7 Å². The summed E-state index contributed by atoms with van der Waals surface area (Å²) in [4.78, 5) is 4.23. The lowest BCUT2D eigenvalue weighted by Crippen LogP contribution is -2.23. The summed E-state index contributed by atoms with van der Waals surface area (Å²) in [5.41, 5.74) is 5.63. The molecule has 66 valence electrons. The van der Waals surface area contributed by atoms with Crippen molar-refractivity contribution in [1.82, 2.24) is 9.78 Å². The SMILES string of the molecule is Cl.NC(=NC1CC1)n1cccn1. The van der Waals surface area contributed by atoms with Gasteiger partial charge in [-0.3, -0.25) is 0 Å². The number of halogens is 1. The fraction of sp³-hybridized carbons (Fsp3) is 0.429. The number of hydrogen-bond acceptors (Lipinski definition) is 2. The summed E-state index contributed by atoms with van der Waals surface area (Å²) >= 11 is 0. The van der Waals surface area contributed by atoms with Crippen LogP contribution in [0.1, 0.15) is 12.8 Å². The highest BCUT2D eigenvalue weighted by Crippen LogP contribution is 2.23. The number of rotatable bonds is 1. The number of nitrogens with zero attached hydrogens (tertiary/aromatic N) is 3. The number of hydrogen-bond donors (Lipinski definition) is 1. The zero-order chi connectivity index (χ0) is 7.68. The maximum absolute atomic E-state index is 5.63. The molecule has 1 fully saturated rings. The zero-order valence-electron chi connectivity index (χ0n) is 6.55. The second-order valence-corrected chi connectivity index (χ2v) is 2.67. The second-order valence-electron chi connectivity index (χ2n) is 2.67. The molecule has 0 amide bonds. The third-order valence-corrected chi connectivity index (χ3v) is 1.60. The van der Waals surface area contributed by atoms with Gasteiger partial charge in [-0.2, -0.15) is 5.10 Å². The van der Waals surface area contributed by atoms with E-state index in [1.165, 1.54) is 12.8 Å². The Balaban J connectivity index is 0.000000720. The average Bonchev–Trinajstić information content (AvgIpc) is 2.67. The number of nitrogens with two attached hydrogens (primary N) is 1. The molecule has 1 aliphatic carbocycles. The first-order chi connectivity index (χ1) is 5.36. The Morgan fingerprint density at radius 3 is 2.83 bits per heavy atom. The Kier molecular flexibility index (Phi) is 2.70. The maximum Gasteiger partial charge on any atom is 0.216 e. The molecule has 1 aromatic heterocycles. The minimum Gasteiger partial charge on any atom is -0.368 e. The van der Waals surface area contributed by atoms with Gasteiger partial charge in [-0.25, -0.2) is 9.67 Å².